The number of nitrogens with zero attached hydrogens (tertiary/aromatic N) is 2. The minimum absolute atomic E-state index is 0.0932. The van der Waals surface area contributed by atoms with E-state index in [0.717, 1.165) is 41.7 Å². The summed E-state index contributed by atoms with van der Waals surface area (Å²) in [6.45, 7) is 15.1. The number of nitrogens with two attached hydrogens (primary N) is 1. The molecule has 0 radical (unpaired) electrons. The Kier molecular flexibility index (Phi) is 12.8. The summed E-state index contributed by atoms with van der Waals surface area (Å²) in [4.78, 5) is 45.5. The van der Waals surface area contributed by atoms with Gasteiger partial charge in [-0.15, -0.1) is 12.8 Å². The summed E-state index contributed by atoms with van der Waals surface area (Å²) in [5, 5.41) is 14.2. The first-order chi connectivity index (χ1) is 19.8. The van der Waals surface area contributed by atoms with Crippen LogP contribution in [0.15, 0.2) is 18.2 Å². The molecule has 0 bridgehead atoms. The molecular weight excluding hydrogens is 563 g/mol. The molecule has 1 aromatic carbocycles. The number of likely N-dealkylation sites (tertiary alicyclic amines) is 1. The fourth-order valence-electron chi connectivity index (χ4n) is 5.22. The largest absolute Gasteiger partial charge is 0.470 e. The summed E-state index contributed by atoms with van der Waals surface area (Å²) in [6.07, 6.45) is 5.25. The molecule has 236 valence electrons. The quantitative estimate of drug-likeness (QED) is 0.344. The van der Waals surface area contributed by atoms with Crippen molar-refractivity contribution in [3.63, 3.8) is 0 Å². The van der Waals surface area contributed by atoms with Crippen molar-refractivity contribution >= 4 is 29.8 Å². The Morgan fingerprint density at radius 2 is 1.77 bits per heavy atom. The molecule has 0 aromatic heterocycles. The Morgan fingerprint density at radius 1 is 1.23 bits per heavy atom. The van der Waals surface area contributed by atoms with Gasteiger partial charge in [0.1, 0.15) is 6.04 Å². The van der Waals surface area contributed by atoms with Gasteiger partial charge in [0, 0.05) is 31.1 Å². The summed E-state index contributed by atoms with van der Waals surface area (Å²) in [5.74, 6) is -0.725. The molecule has 4 atom stereocenters. The molecule has 3 aliphatic rings. The number of terminal acetylenes is 1. The summed E-state index contributed by atoms with van der Waals surface area (Å²) in [5.41, 5.74) is 7.49. The van der Waals surface area contributed by atoms with E-state index in [2.05, 4.69) is 68.7 Å². The first-order valence-electron chi connectivity index (χ1n) is 13.8. The van der Waals surface area contributed by atoms with Gasteiger partial charge in [0.2, 0.25) is 18.2 Å². The molecule has 43 heavy (non-hydrogen) atoms. The van der Waals surface area contributed by atoms with Gasteiger partial charge in [-0.1, -0.05) is 52.3 Å². The van der Waals surface area contributed by atoms with Crippen molar-refractivity contribution in [2.24, 2.45) is 34.3 Å². The Balaban J connectivity index is 0.000000343. The molecule has 1 aromatic rings. The zero-order chi connectivity index (χ0) is 33.3. The van der Waals surface area contributed by atoms with Gasteiger partial charge in [0.25, 0.3) is 0 Å². The molecule has 12 heteroatoms. The third-order valence-corrected chi connectivity index (χ3v) is 7.74. The molecule has 2 aliphatic heterocycles. The number of amides is 4. The average molecular weight is 606 g/mol. The van der Waals surface area contributed by atoms with Crippen molar-refractivity contribution in [2.75, 3.05) is 18.4 Å². The van der Waals surface area contributed by atoms with Gasteiger partial charge in [-0.05, 0) is 54.1 Å². The van der Waals surface area contributed by atoms with Crippen LogP contribution < -0.4 is 16.4 Å². The predicted octanol–water partition coefficient (Wildman–Crippen LogP) is 3.95. The molecule has 4 amide bonds. The number of carbonyl (C=O) groups is 4. The van der Waals surface area contributed by atoms with Crippen LogP contribution in [0.5, 0.6) is 0 Å². The second-order valence-corrected chi connectivity index (χ2v) is 12.7. The molecule has 1 aliphatic carbocycles. The summed E-state index contributed by atoms with van der Waals surface area (Å²) in [7, 11) is 0. The summed E-state index contributed by atoms with van der Waals surface area (Å²) >= 11 is 0. The van der Waals surface area contributed by atoms with Crippen molar-refractivity contribution in [1.82, 2.24) is 10.2 Å². The lowest BCUT2D eigenvalue weighted by Gasteiger charge is -2.26. The van der Waals surface area contributed by atoms with E-state index in [1.54, 1.807) is 0 Å². The highest BCUT2D eigenvalue weighted by Gasteiger charge is 2.62. The van der Waals surface area contributed by atoms with E-state index >= 15 is 0 Å². The van der Waals surface area contributed by atoms with Crippen LogP contribution in [-0.4, -0.2) is 54.3 Å². The molecule has 4 rings (SSSR count). The van der Waals surface area contributed by atoms with E-state index in [9.17, 15) is 27.6 Å². The Bertz CT molecular complexity index is 1220. The van der Waals surface area contributed by atoms with E-state index < -0.39 is 18.1 Å². The van der Waals surface area contributed by atoms with E-state index in [4.69, 9.17) is 10.1 Å². The second kappa shape index (κ2) is 14.9. The minimum Gasteiger partial charge on any atom is -0.362 e. The van der Waals surface area contributed by atoms with Crippen LogP contribution in [0.25, 0.3) is 0 Å². The Hall–Kier alpha value is -4.06. The van der Waals surface area contributed by atoms with Crippen LogP contribution in [0.4, 0.5) is 18.9 Å². The standard InChI is InChI=1S/C14H15N3O2.C13H23NO.C2H2F3NO.C2H2/c1-9-2-3-13-10(4-9)5-11(14(19)17-13)6-12(7-15)16-8-18;1-12(2,3)6-11(15)14-7-9-10(8-14)13(9,4)5;3-2(4,5)1(6)7;1-2/h2-4,8,11-12H,5-6H2,1H3,(H,16,18)(H,17,19);9-10H,6-8H2,1-5H3;(H2,6,7);1-2H/t11?,12-;9-,10?;;/m00../s1. The SMILES string of the molecule is C#C.CC(C)(C)CC(=O)N1CC2[C@H](C1)C2(C)C.Cc1ccc2c(c1)CC(C[C@@H](C#N)NC=O)C(=O)N2.NC(=O)C(F)(F)F. The molecule has 2 heterocycles. The van der Waals surface area contributed by atoms with Gasteiger partial charge >= 0.3 is 12.1 Å². The maximum absolute atomic E-state index is 12.0. The highest BCUT2D eigenvalue weighted by molar-refractivity contribution is 5.95. The van der Waals surface area contributed by atoms with Gasteiger partial charge in [-0.2, -0.15) is 18.4 Å². The second-order valence-electron chi connectivity index (χ2n) is 12.7. The van der Waals surface area contributed by atoms with E-state index in [1.807, 2.05) is 31.2 Å². The zero-order valence-electron chi connectivity index (χ0n) is 25.5. The molecule has 9 nitrogen and oxygen atoms in total. The first-order valence-corrected chi connectivity index (χ1v) is 13.8. The molecule has 1 saturated heterocycles. The van der Waals surface area contributed by atoms with Crippen LogP contribution >= 0.6 is 0 Å². The van der Waals surface area contributed by atoms with E-state index in [-0.39, 0.29) is 17.2 Å². The fourth-order valence-corrected chi connectivity index (χ4v) is 5.22. The summed E-state index contributed by atoms with van der Waals surface area (Å²) in [6, 6.07) is 7.24. The monoisotopic (exact) mass is 605 g/mol. The van der Waals surface area contributed by atoms with Crippen molar-refractivity contribution in [1.29, 1.82) is 5.26 Å². The number of carbonyl (C=O) groups excluding carboxylic acids is 4. The maximum Gasteiger partial charge on any atom is 0.470 e. The zero-order valence-corrected chi connectivity index (χ0v) is 25.5. The molecule has 4 N–H and O–H groups in total. The van der Waals surface area contributed by atoms with E-state index in [1.165, 1.54) is 0 Å². The average Bonchev–Trinajstić information content (AvgIpc) is 3.20. The van der Waals surface area contributed by atoms with Gasteiger partial charge in [0.05, 0.1) is 6.07 Å². The number of hydrogen-bond donors (Lipinski definition) is 3. The van der Waals surface area contributed by atoms with Crippen LogP contribution in [0.2, 0.25) is 0 Å². The van der Waals surface area contributed by atoms with Crippen LogP contribution in [0, 0.1) is 59.7 Å². The van der Waals surface area contributed by atoms with Crippen LogP contribution in [0.1, 0.15) is 58.6 Å². The Morgan fingerprint density at radius 3 is 2.21 bits per heavy atom. The van der Waals surface area contributed by atoms with Gasteiger partial charge in [0.15, 0.2) is 0 Å². The number of piperidine rings is 1. The number of hydrogen-bond acceptors (Lipinski definition) is 5. The number of anilines is 1. The third-order valence-electron chi connectivity index (χ3n) is 7.74. The molecule has 1 saturated carbocycles. The lowest BCUT2D eigenvalue weighted by atomic mass is 9.88. The number of primary amides is 1. The van der Waals surface area contributed by atoms with Crippen molar-refractivity contribution < 1.29 is 32.3 Å². The number of alkyl halides is 3. The van der Waals surface area contributed by atoms with E-state index in [0.29, 0.717) is 37.0 Å². The van der Waals surface area contributed by atoms with Crippen LogP contribution in [-0.2, 0) is 25.6 Å². The predicted molar refractivity (Wildman–Crippen MR) is 157 cm³/mol. The van der Waals surface area contributed by atoms with Crippen molar-refractivity contribution in [3.05, 3.63) is 29.3 Å². The topological polar surface area (TPSA) is 145 Å². The molecule has 2 fully saturated rings. The number of rotatable bonds is 5. The highest BCUT2D eigenvalue weighted by atomic mass is 19.4. The van der Waals surface area contributed by atoms with Gasteiger partial charge < -0.3 is 21.3 Å². The number of fused-ring (bicyclic) bond motifs is 2. The van der Waals surface area contributed by atoms with Gasteiger partial charge in [-0.3, -0.25) is 19.2 Å². The number of benzene rings is 1. The lowest BCUT2D eigenvalue weighted by molar-refractivity contribution is -0.169. The van der Waals surface area contributed by atoms with Crippen molar-refractivity contribution in [2.45, 2.75) is 73.0 Å². The third kappa shape index (κ3) is 10.9. The number of aryl methyl sites for hydroxylation is 1. The number of nitrogens with one attached hydrogen (secondary N) is 2. The Labute approximate surface area is 251 Å². The highest BCUT2D eigenvalue weighted by Crippen LogP contribution is 2.62. The molecular formula is C31H42F3N5O4. The normalized spacial score (nSPS) is 21.6. The fraction of sp³-hybridized carbons (Fsp3) is 0.581. The van der Waals surface area contributed by atoms with Gasteiger partial charge in [-0.25, -0.2) is 0 Å². The van der Waals surface area contributed by atoms with Crippen molar-refractivity contribution in [3.8, 4) is 18.9 Å². The molecule has 2 unspecified atom stereocenters. The summed E-state index contributed by atoms with van der Waals surface area (Å²) < 4.78 is 32.1. The first kappa shape index (κ1) is 37.0. The molecule has 0 spiro atoms. The van der Waals surface area contributed by atoms with Crippen LogP contribution in [0.3, 0.4) is 0 Å². The lowest BCUT2D eigenvalue weighted by Crippen LogP contribution is -2.36. The smallest absolute Gasteiger partial charge is 0.362 e. The minimum atomic E-state index is -4.86. The maximum atomic E-state index is 12.0. The number of halogens is 3. The number of nitriles is 1.